The van der Waals surface area contributed by atoms with Gasteiger partial charge in [-0.25, -0.2) is 0 Å². The quantitative estimate of drug-likeness (QED) is 0.877. The molecule has 1 aliphatic rings. The Hall–Kier alpha value is -0.580. The van der Waals surface area contributed by atoms with Gasteiger partial charge in [-0.05, 0) is 32.0 Å². The monoisotopic (exact) mass is 298 g/mol. The van der Waals surface area contributed by atoms with Crippen molar-refractivity contribution in [2.75, 3.05) is 24.6 Å². The lowest BCUT2D eigenvalue weighted by Gasteiger charge is -2.44. The molecule has 4 heteroatoms. The van der Waals surface area contributed by atoms with Gasteiger partial charge in [-0.3, -0.25) is 0 Å². The van der Waals surface area contributed by atoms with Crippen LogP contribution >= 0.6 is 15.9 Å². The molecule has 0 bridgehead atoms. The van der Waals surface area contributed by atoms with Crippen molar-refractivity contribution in [2.45, 2.75) is 25.4 Å². The number of nitrogens with zero attached hydrogens (tertiary/aromatic N) is 1. The number of benzene rings is 1. The fourth-order valence-electron chi connectivity index (χ4n) is 2.42. The maximum Gasteiger partial charge on any atom is 0.0602 e. The molecule has 0 aliphatic carbocycles. The summed E-state index contributed by atoms with van der Waals surface area (Å²) in [6, 6.07) is 8.44. The second-order valence-electron chi connectivity index (χ2n) is 5.27. The van der Waals surface area contributed by atoms with E-state index in [0.29, 0.717) is 0 Å². The zero-order valence-corrected chi connectivity index (χ0v) is 11.9. The summed E-state index contributed by atoms with van der Waals surface area (Å²) in [5, 5.41) is 12.8. The van der Waals surface area contributed by atoms with E-state index in [1.54, 1.807) is 0 Å². The fourth-order valence-corrected chi connectivity index (χ4v) is 2.81. The number of piperazine rings is 1. The van der Waals surface area contributed by atoms with Crippen molar-refractivity contribution in [2.24, 2.45) is 0 Å². The Morgan fingerprint density at radius 2 is 2.29 bits per heavy atom. The number of anilines is 1. The van der Waals surface area contributed by atoms with Gasteiger partial charge < -0.3 is 15.3 Å². The fraction of sp³-hybridized carbons (Fsp3) is 0.538. The van der Waals surface area contributed by atoms with Crippen molar-refractivity contribution in [1.29, 1.82) is 0 Å². The minimum Gasteiger partial charge on any atom is -0.395 e. The molecule has 0 radical (unpaired) electrons. The molecule has 1 heterocycles. The molecule has 2 rings (SSSR count). The average molecular weight is 299 g/mol. The molecule has 1 atom stereocenters. The van der Waals surface area contributed by atoms with Gasteiger partial charge >= 0.3 is 0 Å². The van der Waals surface area contributed by atoms with Gasteiger partial charge in [-0.2, -0.15) is 0 Å². The summed E-state index contributed by atoms with van der Waals surface area (Å²) in [6.45, 7) is 6.30. The molecule has 1 aromatic rings. The van der Waals surface area contributed by atoms with Crippen molar-refractivity contribution < 1.29 is 5.11 Å². The third-order valence-electron chi connectivity index (χ3n) is 3.02. The molecule has 1 fully saturated rings. The van der Waals surface area contributed by atoms with Crippen LogP contribution in [0.4, 0.5) is 5.69 Å². The Labute approximate surface area is 111 Å². The van der Waals surface area contributed by atoms with Crippen LogP contribution in [-0.4, -0.2) is 36.4 Å². The smallest absolute Gasteiger partial charge is 0.0602 e. The predicted octanol–water partition coefficient (Wildman–Crippen LogP) is 2.00. The number of aliphatic hydroxyl groups is 1. The Kier molecular flexibility index (Phi) is 3.76. The molecule has 17 heavy (non-hydrogen) atoms. The number of hydrogen-bond donors (Lipinski definition) is 2. The molecule has 0 aromatic heterocycles. The minimum absolute atomic E-state index is 0.0218. The van der Waals surface area contributed by atoms with E-state index in [-0.39, 0.29) is 18.2 Å². The lowest BCUT2D eigenvalue weighted by molar-refractivity contribution is 0.191. The Balaban J connectivity index is 2.20. The van der Waals surface area contributed by atoms with Crippen LogP contribution in [0.2, 0.25) is 0 Å². The molecular weight excluding hydrogens is 280 g/mol. The van der Waals surface area contributed by atoms with E-state index in [1.807, 2.05) is 12.1 Å². The van der Waals surface area contributed by atoms with Crippen LogP contribution in [0.15, 0.2) is 28.7 Å². The highest BCUT2D eigenvalue weighted by atomic mass is 79.9. The highest BCUT2D eigenvalue weighted by Crippen LogP contribution is 2.24. The third-order valence-corrected chi connectivity index (χ3v) is 3.51. The molecule has 1 aliphatic heterocycles. The highest BCUT2D eigenvalue weighted by molar-refractivity contribution is 9.10. The number of rotatable bonds is 2. The van der Waals surface area contributed by atoms with Crippen molar-refractivity contribution in [1.82, 2.24) is 5.32 Å². The van der Waals surface area contributed by atoms with Crippen molar-refractivity contribution in [3.8, 4) is 0 Å². The van der Waals surface area contributed by atoms with E-state index in [4.69, 9.17) is 0 Å². The molecule has 0 saturated carbocycles. The van der Waals surface area contributed by atoms with Gasteiger partial charge in [0, 0.05) is 34.8 Å². The first-order chi connectivity index (χ1) is 8.00. The average Bonchev–Trinajstić information content (AvgIpc) is 2.27. The first-order valence-corrected chi connectivity index (χ1v) is 6.68. The van der Waals surface area contributed by atoms with Crippen molar-refractivity contribution in [3.63, 3.8) is 0 Å². The summed E-state index contributed by atoms with van der Waals surface area (Å²) >= 11 is 3.50. The molecule has 0 amide bonds. The first-order valence-electron chi connectivity index (χ1n) is 5.89. The van der Waals surface area contributed by atoms with Crippen molar-refractivity contribution in [3.05, 3.63) is 28.7 Å². The molecule has 3 nitrogen and oxygen atoms in total. The van der Waals surface area contributed by atoms with Gasteiger partial charge in [0.25, 0.3) is 0 Å². The Morgan fingerprint density at radius 3 is 2.94 bits per heavy atom. The molecule has 1 unspecified atom stereocenters. The van der Waals surface area contributed by atoms with Gasteiger partial charge in [0.15, 0.2) is 0 Å². The van der Waals surface area contributed by atoms with E-state index in [1.165, 1.54) is 5.69 Å². The van der Waals surface area contributed by atoms with E-state index in [2.05, 4.69) is 52.1 Å². The van der Waals surface area contributed by atoms with Crippen LogP contribution in [0, 0.1) is 0 Å². The minimum atomic E-state index is 0.0218. The molecule has 1 saturated heterocycles. The first kappa shape index (κ1) is 12.9. The maximum absolute atomic E-state index is 9.34. The summed E-state index contributed by atoms with van der Waals surface area (Å²) in [5.41, 5.74) is 1.22. The summed E-state index contributed by atoms with van der Waals surface area (Å²) in [7, 11) is 0. The highest BCUT2D eigenvalue weighted by Gasteiger charge is 2.31. The lowest BCUT2D eigenvalue weighted by Crippen LogP contribution is -2.63. The van der Waals surface area contributed by atoms with E-state index in [9.17, 15) is 5.11 Å². The lowest BCUT2D eigenvalue weighted by atomic mass is 9.98. The Bertz CT molecular complexity index is 395. The molecule has 1 aromatic carbocycles. The van der Waals surface area contributed by atoms with Gasteiger partial charge in [0.1, 0.15) is 0 Å². The number of hydrogen-bond acceptors (Lipinski definition) is 3. The predicted molar refractivity (Wildman–Crippen MR) is 74.4 cm³/mol. The van der Waals surface area contributed by atoms with E-state index in [0.717, 1.165) is 17.6 Å². The third kappa shape index (κ3) is 3.21. The number of halogens is 1. The van der Waals surface area contributed by atoms with Gasteiger partial charge in [-0.1, -0.05) is 22.0 Å². The summed E-state index contributed by atoms with van der Waals surface area (Å²) in [6.07, 6.45) is 0. The second kappa shape index (κ2) is 4.96. The van der Waals surface area contributed by atoms with E-state index >= 15 is 0 Å². The van der Waals surface area contributed by atoms with Crippen molar-refractivity contribution >= 4 is 21.6 Å². The van der Waals surface area contributed by atoms with Crippen LogP contribution in [0.3, 0.4) is 0 Å². The molecule has 94 valence electrons. The molecular formula is C13H19BrN2O. The van der Waals surface area contributed by atoms with Crippen LogP contribution < -0.4 is 10.2 Å². The number of aliphatic hydroxyl groups excluding tert-OH is 1. The van der Waals surface area contributed by atoms with E-state index < -0.39 is 0 Å². The number of nitrogens with one attached hydrogen (secondary N) is 1. The maximum atomic E-state index is 9.34. The largest absolute Gasteiger partial charge is 0.395 e. The second-order valence-corrected chi connectivity index (χ2v) is 6.18. The van der Waals surface area contributed by atoms with Crippen LogP contribution in [0.25, 0.3) is 0 Å². The summed E-state index contributed by atoms with van der Waals surface area (Å²) in [5.74, 6) is 0. The zero-order chi connectivity index (χ0) is 12.5. The summed E-state index contributed by atoms with van der Waals surface area (Å²) in [4.78, 5) is 2.32. The van der Waals surface area contributed by atoms with Crippen LogP contribution in [0.1, 0.15) is 13.8 Å². The van der Waals surface area contributed by atoms with Crippen LogP contribution in [-0.2, 0) is 0 Å². The standard InChI is InChI=1S/C13H19BrN2O/c1-13(2)9-16(7-11(8-17)15-13)12-5-3-4-10(14)6-12/h3-6,11,15,17H,7-9H2,1-2H3. The molecule has 2 N–H and O–H groups in total. The van der Waals surface area contributed by atoms with Crippen LogP contribution in [0.5, 0.6) is 0 Å². The zero-order valence-electron chi connectivity index (χ0n) is 10.3. The Morgan fingerprint density at radius 1 is 1.53 bits per heavy atom. The normalized spacial score (nSPS) is 23.8. The topological polar surface area (TPSA) is 35.5 Å². The van der Waals surface area contributed by atoms with Gasteiger partial charge in [0.05, 0.1) is 6.61 Å². The molecule has 0 spiro atoms. The van der Waals surface area contributed by atoms with Gasteiger partial charge in [-0.15, -0.1) is 0 Å². The summed E-state index contributed by atoms with van der Waals surface area (Å²) < 4.78 is 1.09. The van der Waals surface area contributed by atoms with Gasteiger partial charge in [0.2, 0.25) is 0 Å². The SMILES string of the molecule is CC1(C)CN(c2cccc(Br)c2)CC(CO)N1.